The van der Waals surface area contributed by atoms with Crippen molar-refractivity contribution in [3.63, 3.8) is 0 Å². The van der Waals surface area contributed by atoms with Gasteiger partial charge in [-0.2, -0.15) is 0 Å². The molecule has 3 fully saturated rings. The summed E-state index contributed by atoms with van der Waals surface area (Å²) in [5.41, 5.74) is 0.910. The minimum absolute atomic E-state index is 0.425. The third kappa shape index (κ3) is 2.02. The molecule has 0 heterocycles. The van der Waals surface area contributed by atoms with Crippen LogP contribution in [0.2, 0.25) is 0 Å². The van der Waals surface area contributed by atoms with Crippen LogP contribution in [0.25, 0.3) is 0 Å². The second kappa shape index (κ2) is 4.49. The lowest BCUT2D eigenvalue weighted by molar-refractivity contribution is -0.0449. The Balaban J connectivity index is 1.43. The molecule has 1 N–H and O–H groups in total. The number of fused-ring (bicyclic) bond motifs is 2. The lowest BCUT2D eigenvalue weighted by Gasteiger charge is -2.38. The average molecular weight is 251 g/mol. The molecule has 2 nitrogen and oxygen atoms in total. The van der Waals surface area contributed by atoms with Crippen LogP contribution >= 0.6 is 0 Å². The van der Waals surface area contributed by atoms with Crippen LogP contribution in [0, 0.1) is 22.7 Å². The lowest BCUT2D eigenvalue weighted by atomic mass is 9.70. The fraction of sp³-hybridized carbons (Fsp3) is 1.00. The molecule has 0 amide bonds. The Morgan fingerprint density at radius 3 is 2.50 bits per heavy atom. The van der Waals surface area contributed by atoms with Gasteiger partial charge in [0.05, 0.1) is 12.7 Å². The standard InChI is InChI=1S/C16H29NO/c1-15(2)13-6-7-16(15,3)14(10-13)18-9-8-17-11-12-4-5-12/h12-14,17H,4-11H2,1-3H3. The van der Waals surface area contributed by atoms with Gasteiger partial charge in [-0.25, -0.2) is 0 Å². The summed E-state index contributed by atoms with van der Waals surface area (Å²) < 4.78 is 6.22. The van der Waals surface area contributed by atoms with E-state index in [1.54, 1.807) is 0 Å². The zero-order valence-corrected chi connectivity index (χ0v) is 12.3. The van der Waals surface area contributed by atoms with Gasteiger partial charge >= 0.3 is 0 Å². The van der Waals surface area contributed by atoms with Gasteiger partial charge in [-0.1, -0.05) is 20.8 Å². The van der Waals surface area contributed by atoms with Gasteiger partial charge in [0.2, 0.25) is 0 Å². The fourth-order valence-electron chi connectivity index (χ4n) is 4.28. The smallest absolute Gasteiger partial charge is 0.0637 e. The molecule has 104 valence electrons. The maximum atomic E-state index is 6.22. The van der Waals surface area contributed by atoms with E-state index >= 15 is 0 Å². The summed E-state index contributed by atoms with van der Waals surface area (Å²) in [5, 5.41) is 3.52. The first-order valence-electron chi connectivity index (χ1n) is 7.86. The van der Waals surface area contributed by atoms with Crippen molar-refractivity contribution in [3.05, 3.63) is 0 Å². The highest BCUT2D eigenvalue weighted by Crippen LogP contribution is 2.66. The summed E-state index contributed by atoms with van der Waals surface area (Å²) in [6.45, 7) is 10.5. The fourth-order valence-corrected chi connectivity index (χ4v) is 4.28. The predicted octanol–water partition coefficient (Wildman–Crippen LogP) is 3.22. The van der Waals surface area contributed by atoms with E-state index in [1.807, 2.05) is 0 Å². The minimum atomic E-state index is 0.425. The molecule has 3 unspecified atom stereocenters. The molecule has 0 aromatic carbocycles. The summed E-state index contributed by atoms with van der Waals surface area (Å²) in [5.74, 6) is 1.87. The summed E-state index contributed by atoms with van der Waals surface area (Å²) in [6, 6.07) is 0. The van der Waals surface area contributed by atoms with Gasteiger partial charge in [-0.3, -0.25) is 0 Å². The van der Waals surface area contributed by atoms with Crippen LogP contribution in [0.1, 0.15) is 52.9 Å². The average Bonchev–Trinajstić information content (AvgIpc) is 3.08. The molecule has 2 heteroatoms. The van der Waals surface area contributed by atoms with Crippen molar-refractivity contribution < 1.29 is 4.74 Å². The monoisotopic (exact) mass is 251 g/mol. The molecule has 3 rings (SSSR count). The van der Waals surface area contributed by atoms with E-state index < -0.39 is 0 Å². The summed E-state index contributed by atoms with van der Waals surface area (Å²) in [4.78, 5) is 0. The maximum Gasteiger partial charge on any atom is 0.0637 e. The molecule has 0 saturated heterocycles. The molecule has 3 aliphatic carbocycles. The van der Waals surface area contributed by atoms with Gasteiger partial charge in [0.1, 0.15) is 0 Å². The number of rotatable bonds is 6. The highest BCUT2D eigenvalue weighted by atomic mass is 16.5. The highest BCUT2D eigenvalue weighted by molar-refractivity contribution is 5.11. The molecular formula is C16H29NO. The van der Waals surface area contributed by atoms with Crippen LogP contribution in [-0.2, 0) is 4.74 Å². The lowest BCUT2D eigenvalue weighted by Crippen LogP contribution is -2.38. The first-order valence-corrected chi connectivity index (χ1v) is 7.86. The van der Waals surface area contributed by atoms with E-state index in [2.05, 4.69) is 26.1 Å². The van der Waals surface area contributed by atoms with E-state index in [0.29, 0.717) is 16.9 Å². The number of ether oxygens (including phenoxy) is 1. The van der Waals surface area contributed by atoms with E-state index in [-0.39, 0.29) is 0 Å². The topological polar surface area (TPSA) is 21.3 Å². The van der Waals surface area contributed by atoms with E-state index in [0.717, 1.165) is 25.0 Å². The van der Waals surface area contributed by atoms with Crippen molar-refractivity contribution in [1.29, 1.82) is 0 Å². The third-order valence-corrected chi connectivity index (χ3v) is 6.44. The van der Waals surface area contributed by atoms with Crippen LogP contribution in [0.15, 0.2) is 0 Å². The quantitative estimate of drug-likeness (QED) is 0.732. The zero-order valence-electron chi connectivity index (χ0n) is 12.3. The van der Waals surface area contributed by atoms with Crippen molar-refractivity contribution in [2.45, 2.75) is 59.0 Å². The second-order valence-electron chi connectivity index (χ2n) is 7.62. The molecule has 0 aromatic rings. The van der Waals surface area contributed by atoms with Crippen molar-refractivity contribution in [3.8, 4) is 0 Å². The molecule has 3 saturated carbocycles. The summed E-state index contributed by atoms with van der Waals surface area (Å²) in [7, 11) is 0. The Bertz CT molecular complexity index is 310. The van der Waals surface area contributed by atoms with Crippen molar-refractivity contribution >= 4 is 0 Å². The SMILES string of the molecule is CC1(C)C2CCC1(C)C(OCCNCC1CC1)C2. The number of hydrogen-bond acceptors (Lipinski definition) is 2. The summed E-state index contributed by atoms with van der Waals surface area (Å²) >= 11 is 0. The Labute approximate surface area is 112 Å². The molecule has 0 aromatic heterocycles. The molecule has 0 spiro atoms. The molecule has 18 heavy (non-hydrogen) atoms. The number of nitrogens with one attached hydrogen (secondary N) is 1. The zero-order chi connectivity index (χ0) is 12.8. The molecular weight excluding hydrogens is 222 g/mol. The van der Waals surface area contributed by atoms with Crippen LogP contribution in [0.3, 0.4) is 0 Å². The van der Waals surface area contributed by atoms with Gasteiger partial charge in [0, 0.05) is 6.54 Å². The Hall–Kier alpha value is -0.0800. The highest BCUT2D eigenvalue weighted by Gasteiger charge is 2.61. The molecule has 0 aliphatic heterocycles. The first-order chi connectivity index (χ1) is 8.54. The van der Waals surface area contributed by atoms with Crippen molar-refractivity contribution in [2.75, 3.05) is 19.7 Å². The van der Waals surface area contributed by atoms with Crippen LogP contribution in [0.5, 0.6) is 0 Å². The van der Waals surface area contributed by atoms with Crippen LogP contribution in [0.4, 0.5) is 0 Å². The Morgan fingerprint density at radius 1 is 1.17 bits per heavy atom. The molecule has 2 bridgehead atoms. The van der Waals surface area contributed by atoms with E-state index in [1.165, 1.54) is 38.6 Å². The predicted molar refractivity (Wildman–Crippen MR) is 74.6 cm³/mol. The Morgan fingerprint density at radius 2 is 1.94 bits per heavy atom. The normalized spacial score (nSPS) is 41.5. The molecule has 3 atom stereocenters. The van der Waals surface area contributed by atoms with E-state index in [4.69, 9.17) is 4.74 Å². The molecule has 3 aliphatic rings. The van der Waals surface area contributed by atoms with Gasteiger partial charge in [-0.15, -0.1) is 0 Å². The van der Waals surface area contributed by atoms with Crippen LogP contribution in [-0.4, -0.2) is 25.8 Å². The largest absolute Gasteiger partial charge is 0.376 e. The van der Waals surface area contributed by atoms with Gasteiger partial charge < -0.3 is 10.1 Å². The molecule has 0 radical (unpaired) electrons. The van der Waals surface area contributed by atoms with Crippen LogP contribution < -0.4 is 5.32 Å². The number of hydrogen-bond donors (Lipinski definition) is 1. The first kappa shape index (κ1) is 12.9. The Kier molecular flexibility index (Phi) is 3.22. The maximum absolute atomic E-state index is 6.22. The minimum Gasteiger partial charge on any atom is -0.376 e. The third-order valence-electron chi connectivity index (χ3n) is 6.44. The van der Waals surface area contributed by atoms with Gasteiger partial charge in [0.25, 0.3) is 0 Å². The second-order valence-corrected chi connectivity index (χ2v) is 7.62. The summed E-state index contributed by atoms with van der Waals surface area (Å²) in [6.07, 6.45) is 7.46. The van der Waals surface area contributed by atoms with E-state index in [9.17, 15) is 0 Å². The van der Waals surface area contributed by atoms with Gasteiger partial charge in [-0.05, 0) is 61.3 Å². The van der Waals surface area contributed by atoms with Crippen molar-refractivity contribution in [1.82, 2.24) is 5.32 Å². The van der Waals surface area contributed by atoms with Crippen molar-refractivity contribution in [2.24, 2.45) is 22.7 Å². The van der Waals surface area contributed by atoms with Gasteiger partial charge in [0.15, 0.2) is 0 Å².